The molecule has 1 N–H and O–H groups in total. The van der Waals surface area contributed by atoms with E-state index in [1.807, 2.05) is 0 Å². The highest BCUT2D eigenvalue weighted by Crippen LogP contribution is 2.39. The van der Waals surface area contributed by atoms with Crippen LogP contribution in [0.25, 0.3) is 0 Å². The highest BCUT2D eigenvalue weighted by molar-refractivity contribution is 6.17. The van der Waals surface area contributed by atoms with Crippen LogP contribution >= 0.6 is 11.6 Å². The summed E-state index contributed by atoms with van der Waals surface area (Å²) in [6.45, 7) is -0.599. The van der Waals surface area contributed by atoms with Crippen LogP contribution in [0.15, 0.2) is 0 Å². The molecule has 0 spiro atoms. The molecule has 0 atom stereocenters. The van der Waals surface area contributed by atoms with Gasteiger partial charge in [-0.25, -0.2) is 0 Å². The minimum absolute atomic E-state index is 0.0827. The summed E-state index contributed by atoms with van der Waals surface area (Å²) >= 11 is 5.20. The van der Waals surface area contributed by atoms with Crippen LogP contribution in [0.5, 0.6) is 0 Å². The first-order valence-electron chi connectivity index (χ1n) is 4.65. The Labute approximate surface area is 103 Å². The minimum Gasteiger partial charge on any atom is -0.378 e. The first-order chi connectivity index (χ1) is 8.10. The van der Waals surface area contributed by atoms with Gasteiger partial charge in [-0.05, 0) is 0 Å². The predicted octanol–water partition coefficient (Wildman–Crippen LogP) is 2.10. The van der Waals surface area contributed by atoms with Crippen molar-refractivity contribution in [1.82, 2.24) is 5.32 Å². The van der Waals surface area contributed by atoms with E-state index in [2.05, 4.69) is 4.74 Å². The zero-order chi connectivity index (χ0) is 14.4. The maximum atomic E-state index is 12.1. The molecule has 0 bridgehead atoms. The summed E-state index contributed by atoms with van der Waals surface area (Å²) in [5, 5.41) is 1.51. The fraction of sp³-hybridized carbons (Fsp3) is 0.875. The van der Waals surface area contributed by atoms with Gasteiger partial charge >= 0.3 is 12.4 Å². The van der Waals surface area contributed by atoms with Crippen molar-refractivity contribution in [2.45, 2.75) is 12.4 Å². The summed E-state index contributed by atoms with van der Waals surface area (Å²) in [6, 6.07) is 0. The summed E-state index contributed by atoms with van der Waals surface area (Å²) in [4.78, 5) is 10.8. The molecule has 0 radical (unpaired) electrons. The molecule has 10 heteroatoms. The van der Waals surface area contributed by atoms with Crippen molar-refractivity contribution in [3.8, 4) is 0 Å². The average molecular weight is 302 g/mol. The molecule has 0 saturated carbocycles. The highest BCUT2D eigenvalue weighted by Gasteiger charge is 2.60. The Hall–Kier alpha value is -0.700. The zero-order valence-electron chi connectivity index (χ0n) is 8.87. The lowest BCUT2D eigenvalue weighted by Crippen LogP contribution is -2.48. The van der Waals surface area contributed by atoms with Gasteiger partial charge < -0.3 is 10.1 Å². The Balaban J connectivity index is 4.34. The van der Waals surface area contributed by atoms with Gasteiger partial charge in [0.1, 0.15) is 0 Å². The minimum atomic E-state index is -5.68. The number of carbonyl (C=O) groups excluding carboxylic acids is 1. The van der Waals surface area contributed by atoms with Gasteiger partial charge in [0.2, 0.25) is 11.8 Å². The number of carbonyl (C=O) groups is 1. The summed E-state index contributed by atoms with van der Waals surface area (Å²) in [5.41, 5.74) is 0. The third-order valence-corrected chi connectivity index (χ3v) is 1.84. The number of rotatable bonds is 6. The van der Waals surface area contributed by atoms with E-state index in [4.69, 9.17) is 11.6 Å². The third-order valence-electron chi connectivity index (χ3n) is 1.68. The molecule has 0 aliphatic heterocycles. The van der Waals surface area contributed by atoms with Gasteiger partial charge in [-0.3, -0.25) is 4.79 Å². The van der Waals surface area contributed by atoms with E-state index in [9.17, 15) is 31.1 Å². The third kappa shape index (κ3) is 6.29. The number of halogens is 7. The van der Waals surface area contributed by atoms with Gasteiger partial charge in [0, 0.05) is 12.4 Å². The van der Waals surface area contributed by atoms with E-state index >= 15 is 0 Å². The fourth-order valence-corrected chi connectivity index (χ4v) is 1.10. The van der Waals surface area contributed by atoms with E-state index in [-0.39, 0.29) is 19.1 Å². The smallest absolute Gasteiger partial charge is 0.378 e. The molecule has 0 heterocycles. The normalized spacial score (nSPS) is 12.9. The fourth-order valence-electron chi connectivity index (χ4n) is 0.988. The van der Waals surface area contributed by atoms with Crippen molar-refractivity contribution in [3.63, 3.8) is 0 Å². The van der Waals surface area contributed by atoms with Gasteiger partial charge in [0.15, 0.2) is 0 Å². The molecule has 108 valence electrons. The second-order valence-electron chi connectivity index (χ2n) is 3.11. The first-order valence-corrected chi connectivity index (χ1v) is 5.19. The Morgan fingerprint density at radius 1 is 1.11 bits per heavy atom. The maximum absolute atomic E-state index is 12.1. The number of nitrogens with one attached hydrogen (secondary N) is 1. The molecule has 3 nitrogen and oxygen atoms in total. The lowest BCUT2D eigenvalue weighted by molar-refractivity contribution is -0.274. The Morgan fingerprint density at radius 2 is 1.61 bits per heavy atom. The Kier molecular flexibility index (Phi) is 6.76. The monoisotopic (exact) mass is 301 g/mol. The number of hydrogen-bond acceptors (Lipinski definition) is 2. The van der Waals surface area contributed by atoms with Crippen molar-refractivity contribution >= 4 is 17.5 Å². The van der Waals surface area contributed by atoms with Gasteiger partial charge in [0.05, 0.1) is 13.2 Å². The summed E-state index contributed by atoms with van der Waals surface area (Å²) in [6.07, 6.45) is -11.4. The average Bonchev–Trinajstić information content (AvgIpc) is 2.12. The molecule has 0 fully saturated rings. The molecule has 1 amide bonds. The van der Waals surface area contributed by atoms with Crippen LogP contribution in [0, 0.1) is 5.92 Å². The number of hydrogen-bond donors (Lipinski definition) is 1. The van der Waals surface area contributed by atoms with Crippen molar-refractivity contribution in [1.29, 1.82) is 0 Å². The van der Waals surface area contributed by atoms with Gasteiger partial charge in [-0.15, -0.1) is 11.6 Å². The molecule has 0 unspecified atom stereocenters. The molecule has 0 rings (SSSR count). The largest absolute Gasteiger partial charge is 0.409 e. The lowest BCUT2D eigenvalue weighted by Gasteiger charge is -2.21. The van der Waals surface area contributed by atoms with Crippen LogP contribution in [0.2, 0.25) is 0 Å². The summed E-state index contributed by atoms with van der Waals surface area (Å²) < 4.78 is 77.1. The van der Waals surface area contributed by atoms with E-state index in [1.54, 1.807) is 0 Å². The standard InChI is InChI=1S/C8H10ClF6NO2/c9-1-3-18-4-2-16-6(17)5(7(10,11)12)8(13,14)15/h5H,1-4H2,(H,16,17). The topological polar surface area (TPSA) is 38.3 Å². The molecule has 0 saturated heterocycles. The number of alkyl halides is 7. The van der Waals surface area contributed by atoms with E-state index < -0.39 is 30.7 Å². The van der Waals surface area contributed by atoms with E-state index in [0.29, 0.717) is 0 Å². The van der Waals surface area contributed by atoms with Crippen LogP contribution in [0.3, 0.4) is 0 Å². The highest BCUT2D eigenvalue weighted by atomic mass is 35.5. The number of ether oxygens (including phenoxy) is 1. The van der Waals surface area contributed by atoms with Crippen LogP contribution in [-0.4, -0.2) is 43.9 Å². The molecule has 0 aliphatic rings. The zero-order valence-corrected chi connectivity index (χ0v) is 9.62. The van der Waals surface area contributed by atoms with Crippen LogP contribution < -0.4 is 5.32 Å². The van der Waals surface area contributed by atoms with Gasteiger partial charge in [0.25, 0.3) is 0 Å². The lowest BCUT2D eigenvalue weighted by atomic mass is 10.1. The number of amides is 1. The van der Waals surface area contributed by atoms with Crippen molar-refractivity contribution in [2.75, 3.05) is 25.6 Å². The quantitative estimate of drug-likeness (QED) is 0.463. The second-order valence-corrected chi connectivity index (χ2v) is 3.49. The molecule has 0 aromatic rings. The second kappa shape index (κ2) is 7.03. The molecule has 0 aromatic carbocycles. The Morgan fingerprint density at radius 3 is 2.00 bits per heavy atom. The Bertz CT molecular complexity index is 253. The molecular formula is C8H10ClF6NO2. The van der Waals surface area contributed by atoms with Crippen molar-refractivity contribution < 1.29 is 35.9 Å². The summed E-state index contributed by atoms with van der Waals surface area (Å²) in [5.74, 6) is -6.05. The molecule has 0 aromatic heterocycles. The first kappa shape index (κ1) is 17.3. The van der Waals surface area contributed by atoms with Gasteiger partial charge in [-0.2, -0.15) is 26.3 Å². The summed E-state index contributed by atoms with van der Waals surface area (Å²) in [7, 11) is 0. The van der Waals surface area contributed by atoms with Crippen molar-refractivity contribution in [2.24, 2.45) is 5.92 Å². The molecule has 18 heavy (non-hydrogen) atoms. The van der Waals surface area contributed by atoms with Crippen LogP contribution in [-0.2, 0) is 9.53 Å². The predicted molar refractivity (Wildman–Crippen MR) is 50.1 cm³/mol. The van der Waals surface area contributed by atoms with Crippen LogP contribution in [0.4, 0.5) is 26.3 Å². The van der Waals surface area contributed by atoms with Gasteiger partial charge in [-0.1, -0.05) is 0 Å². The van der Waals surface area contributed by atoms with E-state index in [1.165, 1.54) is 5.32 Å². The van der Waals surface area contributed by atoms with Crippen LogP contribution in [0.1, 0.15) is 0 Å². The molecular weight excluding hydrogens is 292 g/mol. The SMILES string of the molecule is O=C(NCCOCCCl)C(C(F)(F)F)C(F)(F)F. The van der Waals surface area contributed by atoms with E-state index in [0.717, 1.165) is 0 Å². The van der Waals surface area contributed by atoms with Crippen molar-refractivity contribution in [3.05, 3.63) is 0 Å². The molecule has 0 aliphatic carbocycles. The maximum Gasteiger partial charge on any atom is 0.409 e.